The van der Waals surface area contributed by atoms with Gasteiger partial charge >= 0.3 is 0 Å². The van der Waals surface area contributed by atoms with Crippen molar-refractivity contribution in [2.24, 2.45) is 0 Å². The molecule has 0 spiro atoms. The summed E-state index contributed by atoms with van der Waals surface area (Å²) in [5.41, 5.74) is 2.68. The number of benzene rings is 1. The number of aliphatic hydroxyl groups excluding tert-OH is 1. The van der Waals surface area contributed by atoms with E-state index in [9.17, 15) is 5.11 Å². The molecule has 0 aliphatic heterocycles. The standard InChI is InChI=1S/C16H25NO/c1-12-7-9-14(10-8-12)13(2)11-17-15-5-3-4-6-16(15)18/h7-10,13,15-18H,3-6,11H2,1-2H3/t13?,15-,16+/m1/s1. The van der Waals surface area contributed by atoms with E-state index in [4.69, 9.17) is 0 Å². The molecule has 1 saturated carbocycles. The lowest BCUT2D eigenvalue weighted by Gasteiger charge is -2.29. The molecule has 0 heterocycles. The zero-order chi connectivity index (χ0) is 13.0. The summed E-state index contributed by atoms with van der Waals surface area (Å²) in [4.78, 5) is 0. The summed E-state index contributed by atoms with van der Waals surface area (Å²) in [7, 11) is 0. The Morgan fingerprint density at radius 2 is 1.89 bits per heavy atom. The van der Waals surface area contributed by atoms with Gasteiger partial charge in [-0.1, -0.05) is 49.6 Å². The summed E-state index contributed by atoms with van der Waals surface area (Å²) in [6.45, 7) is 5.31. The highest BCUT2D eigenvalue weighted by Crippen LogP contribution is 2.20. The van der Waals surface area contributed by atoms with E-state index in [1.54, 1.807) is 0 Å². The van der Waals surface area contributed by atoms with E-state index in [2.05, 4.69) is 43.4 Å². The van der Waals surface area contributed by atoms with Gasteiger partial charge in [-0.3, -0.25) is 0 Å². The number of nitrogens with one attached hydrogen (secondary N) is 1. The van der Waals surface area contributed by atoms with Crippen LogP contribution in [0.2, 0.25) is 0 Å². The van der Waals surface area contributed by atoms with E-state index in [-0.39, 0.29) is 6.10 Å². The van der Waals surface area contributed by atoms with E-state index in [0.29, 0.717) is 12.0 Å². The average Bonchev–Trinajstić information content (AvgIpc) is 2.38. The topological polar surface area (TPSA) is 32.3 Å². The highest BCUT2D eigenvalue weighted by Gasteiger charge is 2.22. The van der Waals surface area contributed by atoms with Crippen LogP contribution >= 0.6 is 0 Å². The number of rotatable bonds is 4. The first-order valence-electron chi connectivity index (χ1n) is 7.15. The van der Waals surface area contributed by atoms with Crippen LogP contribution in [0.5, 0.6) is 0 Å². The zero-order valence-corrected chi connectivity index (χ0v) is 11.5. The number of aliphatic hydroxyl groups is 1. The van der Waals surface area contributed by atoms with Crippen molar-refractivity contribution >= 4 is 0 Å². The SMILES string of the molecule is Cc1ccc(C(C)CN[C@@H]2CCCC[C@@H]2O)cc1. The Hall–Kier alpha value is -0.860. The number of aryl methyl sites for hydroxylation is 1. The molecule has 18 heavy (non-hydrogen) atoms. The Kier molecular flexibility index (Phi) is 4.79. The van der Waals surface area contributed by atoms with Crippen molar-refractivity contribution in [1.82, 2.24) is 5.32 Å². The highest BCUT2D eigenvalue weighted by molar-refractivity contribution is 5.24. The van der Waals surface area contributed by atoms with Gasteiger partial charge < -0.3 is 10.4 Å². The van der Waals surface area contributed by atoms with Gasteiger partial charge in [0.1, 0.15) is 0 Å². The van der Waals surface area contributed by atoms with Crippen LogP contribution in [0.1, 0.15) is 49.7 Å². The van der Waals surface area contributed by atoms with Gasteiger partial charge in [0.25, 0.3) is 0 Å². The summed E-state index contributed by atoms with van der Waals surface area (Å²) in [6.07, 6.45) is 4.34. The number of hydrogen-bond acceptors (Lipinski definition) is 2. The van der Waals surface area contributed by atoms with Gasteiger partial charge in [0, 0.05) is 12.6 Å². The predicted octanol–water partition coefficient (Wildman–Crippen LogP) is 2.99. The Balaban J connectivity index is 1.83. The first kappa shape index (κ1) is 13.6. The molecule has 0 saturated heterocycles. The van der Waals surface area contributed by atoms with Crippen LogP contribution in [0.15, 0.2) is 24.3 Å². The Labute approximate surface area is 110 Å². The molecule has 2 rings (SSSR count). The molecule has 1 aromatic rings. The molecule has 1 unspecified atom stereocenters. The van der Waals surface area contributed by atoms with Crippen molar-refractivity contribution < 1.29 is 5.11 Å². The lowest BCUT2D eigenvalue weighted by atomic mass is 9.91. The van der Waals surface area contributed by atoms with E-state index in [1.807, 2.05) is 0 Å². The van der Waals surface area contributed by atoms with Gasteiger partial charge in [0.2, 0.25) is 0 Å². The van der Waals surface area contributed by atoms with Crippen molar-refractivity contribution in [3.63, 3.8) is 0 Å². The van der Waals surface area contributed by atoms with Crippen LogP contribution in [-0.4, -0.2) is 23.8 Å². The third kappa shape index (κ3) is 3.56. The summed E-state index contributed by atoms with van der Waals surface area (Å²) in [5, 5.41) is 13.5. The Morgan fingerprint density at radius 3 is 2.56 bits per heavy atom. The van der Waals surface area contributed by atoms with Crippen molar-refractivity contribution in [1.29, 1.82) is 0 Å². The molecule has 1 aliphatic carbocycles. The maximum atomic E-state index is 9.93. The fourth-order valence-electron chi connectivity index (χ4n) is 2.69. The zero-order valence-electron chi connectivity index (χ0n) is 11.5. The normalized spacial score (nSPS) is 25.9. The van der Waals surface area contributed by atoms with Crippen LogP contribution in [0.25, 0.3) is 0 Å². The van der Waals surface area contributed by atoms with Gasteiger partial charge in [-0.05, 0) is 31.2 Å². The van der Waals surface area contributed by atoms with Crippen LogP contribution in [0.4, 0.5) is 0 Å². The fraction of sp³-hybridized carbons (Fsp3) is 0.625. The molecule has 1 aromatic carbocycles. The van der Waals surface area contributed by atoms with Gasteiger partial charge in [-0.2, -0.15) is 0 Å². The molecule has 1 aliphatic rings. The maximum Gasteiger partial charge on any atom is 0.0693 e. The lowest BCUT2D eigenvalue weighted by molar-refractivity contribution is 0.0905. The van der Waals surface area contributed by atoms with Crippen LogP contribution in [0, 0.1) is 6.92 Å². The van der Waals surface area contributed by atoms with Gasteiger partial charge in [0.05, 0.1) is 6.10 Å². The molecule has 0 amide bonds. The minimum absolute atomic E-state index is 0.149. The molecule has 2 nitrogen and oxygen atoms in total. The van der Waals surface area contributed by atoms with Crippen molar-refractivity contribution in [3.05, 3.63) is 35.4 Å². The van der Waals surface area contributed by atoms with E-state index in [1.165, 1.54) is 24.0 Å². The summed E-state index contributed by atoms with van der Waals surface area (Å²) < 4.78 is 0. The third-order valence-corrected chi connectivity index (χ3v) is 4.06. The van der Waals surface area contributed by atoms with E-state index >= 15 is 0 Å². The van der Waals surface area contributed by atoms with Gasteiger partial charge in [-0.15, -0.1) is 0 Å². The molecule has 3 atom stereocenters. The van der Waals surface area contributed by atoms with Gasteiger partial charge in [0.15, 0.2) is 0 Å². The molecule has 2 heteroatoms. The smallest absolute Gasteiger partial charge is 0.0693 e. The minimum atomic E-state index is -0.149. The first-order chi connectivity index (χ1) is 8.66. The second kappa shape index (κ2) is 6.35. The Morgan fingerprint density at radius 1 is 1.22 bits per heavy atom. The van der Waals surface area contributed by atoms with Crippen molar-refractivity contribution in [3.8, 4) is 0 Å². The largest absolute Gasteiger partial charge is 0.392 e. The molecule has 0 aromatic heterocycles. The van der Waals surface area contributed by atoms with Crippen LogP contribution in [0.3, 0.4) is 0 Å². The van der Waals surface area contributed by atoms with E-state index < -0.39 is 0 Å². The fourth-order valence-corrected chi connectivity index (χ4v) is 2.69. The third-order valence-electron chi connectivity index (χ3n) is 4.06. The molecule has 0 radical (unpaired) electrons. The molecular formula is C16H25NO. The second-order valence-electron chi connectivity index (χ2n) is 5.68. The lowest BCUT2D eigenvalue weighted by Crippen LogP contribution is -2.43. The van der Waals surface area contributed by atoms with Gasteiger partial charge in [-0.25, -0.2) is 0 Å². The molecular weight excluding hydrogens is 222 g/mol. The minimum Gasteiger partial charge on any atom is -0.392 e. The van der Waals surface area contributed by atoms with Crippen molar-refractivity contribution in [2.75, 3.05) is 6.54 Å². The summed E-state index contributed by atoms with van der Waals surface area (Å²) >= 11 is 0. The molecule has 100 valence electrons. The molecule has 2 N–H and O–H groups in total. The summed E-state index contributed by atoms with van der Waals surface area (Å²) in [5.74, 6) is 0.500. The summed E-state index contributed by atoms with van der Waals surface area (Å²) in [6, 6.07) is 9.05. The number of hydrogen-bond donors (Lipinski definition) is 2. The molecule has 1 fully saturated rings. The first-order valence-corrected chi connectivity index (χ1v) is 7.15. The monoisotopic (exact) mass is 247 g/mol. The average molecular weight is 247 g/mol. The predicted molar refractivity (Wildman–Crippen MR) is 75.9 cm³/mol. The van der Waals surface area contributed by atoms with Crippen LogP contribution < -0.4 is 5.32 Å². The molecule has 0 bridgehead atoms. The van der Waals surface area contributed by atoms with Crippen molar-refractivity contribution in [2.45, 2.75) is 57.6 Å². The van der Waals surface area contributed by atoms with Crippen LogP contribution in [-0.2, 0) is 0 Å². The Bertz CT molecular complexity index is 360. The maximum absolute atomic E-state index is 9.93. The second-order valence-corrected chi connectivity index (χ2v) is 5.68. The van der Waals surface area contributed by atoms with E-state index in [0.717, 1.165) is 19.4 Å². The highest BCUT2D eigenvalue weighted by atomic mass is 16.3. The quantitative estimate of drug-likeness (QED) is 0.857.